The zero-order chi connectivity index (χ0) is 6.85. The van der Waals surface area contributed by atoms with Gasteiger partial charge >= 0.3 is 0 Å². The molecule has 0 saturated heterocycles. The largest absolute Gasteiger partial charge is 0.225 e. The summed E-state index contributed by atoms with van der Waals surface area (Å²) < 4.78 is 20.3. The maximum absolute atomic E-state index is 6.77. The topological polar surface area (TPSA) is 38.7 Å². The van der Waals surface area contributed by atoms with Crippen LogP contribution in [0.3, 0.4) is 0 Å². The van der Waals surface area contributed by atoms with Gasteiger partial charge in [0.25, 0.3) is 0 Å². The third-order valence-corrected chi connectivity index (χ3v) is 0.300. The molecule has 0 spiro atoms. The summed E-state index contributed by atoms with van der Waals surface area (Å²) in [5.41, 5.74) is 0. The molecule has 0 unspecified atom stereocenters. The van der Waals surface area contributed by atoms with Crippen LogP contribution in [0.5, 0.6) is 0 Å². The third kappa shape index (κ3) is 0.484. The molecular weight excluding hydrogens is 78.1 g/mol. The molecule has 6 heavy (non-hydrogen) atoms. The highest BCUT2D eigenvalue weighted by Crippen LogP contribution is 1.57. The van der Waals surface area contributed by atoms with E-state index in [1.54, 1.807) is 0 Å². The Balaban J connectivity index is 3.17. The van der Waals surface area contributed by atoms with Gasteiger partial charge in [0, 0.05) is 0 Å². The quantitative estimate of drug-likeness (QED) is 0.442. The van der Waals surface area contributed by atoms with Crippen molar-refractivity contribution in [3.05, 3.63) is 18.9 Å². The van der Waals surface area contributed by atoms with Gasteiger partial charge in [-0.1, -0.05) is 0 Å². The Morgan fingerprint density at radius 3 is 1.67 bits per heavy atom. The van der Waals surface area contributed by atoms with Crippen LogP contribution < -0.4 is 0 Å². The van der Waals surface area contributed by atoms with Crippen molar-refractivity contribution in [3.63, 3.8) is 0 Å². The fourth-order valence-corrected chi connectivity index (χ4v) is 0.142. The normalized spacial score (nSPS) is 15.0. The summed E-state index contributed by atoms with van der Waals surface area (Å²) in [4.78, 5) is 9.68. The summed E-state index contributed by atoms with van der Waals surface area (Å²) in [5, 5.41) is 0. The van der Waals surface area contributed by atoms with E-state index in [1.165, 1.54) is 0 Å². The van der Waals surface area contributed by atoms with Crippen molar-refractivity contribution >= 4 is 0 Å². The number of hydrogen-bond donors (Lipinski definition) is 0. The van der Waals surface area contributed by atoms with Gasteiger partial charge in [-0.2, -0.15) is 0 Å². The van der Waals surface area contributed by atoms with Crippen LogP contribution in [0, 0.1) is 0 Å². The van der Waals surface area contributed by atoms with E-state index in [2.05, 4.69) is 15.0 Å². The van der Waals surface area contributed by atoms with Crippen molar-refractivity contribution in [2.45, 2.75) is 0 Å². The predicted octanol–water partition coefficient (Wildman–Crippen LogP) is -0.128. The number of aromatic nitrogens is 3. The summed E-state index contributed by atoms with van der Waals surface area (Å²) in [6, 6.07) is 0. The minimum absolute atomic E-state index is 0.333. The van der Waals surface area contributed by atoms with Gasteiger partial charge in [-0.25, -0.2) is 15.0 Å². The molecule has 0 bridgehead atoms. The molecule has 0 aliphatic rings. The maximum Gasteiger partial charge on any atom is 0.119 e. The fourth-order valence-electron chi connectivity index (χ4n) is 0.142. The second-order valence-corrected chi connectivity index (χ2v) is 0.635. The number of nitrogens with zero attached hydrogens (tertiary/aromatic N) is 3. The SMILES string of the molecule is [3H]c1nc([3H])nc([3H])n1. The van der Waals surface area contributed by atoms with Gasteiger partial charge in [-0.3, -0.25) is 0 Å². The van der Waals surface area contributed by atoms with Crippen molar-refractivity contribution in [1.82, 2.24) is 15.0 Å². The van der Waals surface area contributed by atoms with E-state index in [-0.39, 0.29) is 18.9 Å². The van der Waals surface area contributed by atoms with Gasteiger partial charge < -0.3 is 0 Å². The minimum Gasteiger partial charge on any atom is -0.225 e. The predicted molar refractivity (Wildman–Crippen MR) is 19.8 cm³/mol. The minimum atomic E-state index is -0.333. The zero-order valence-corrected chi connectivity index (χ0v) is 2.84. The van der Waals surface area contributed by atoms with Gasteiger partial charge in [0.15, 0.2) is 0 Å². The second kappa shape index (κ2) is 1.45. The molecule has 1 rings (SSSR count). The lowest BCUT2D eigenvalue weighted by molar-refractivity contribution is 1.05. The Morgan fingerprint density at radius 1 is 1.00 bits per heavy atom. The van der Waals surface area contributed by atoms with E-state index in [0.717, 1.165) is 0 Å². The lowest BCUT2D eigenvalue weighted by Gasteiger charge is -1.69. The summed E-state index contributed by atoms with van der Waals surface area (Å²) in [7, 11) is 0. The van der Waals surface area contributed by atoms with Gasteiger partial charge in [-0.15, -0.1) is 0 Å². The first-order chi connectivity index (χ1) is 4.18. The Hall–Kier alpha value is -0.990. The Bertz CT molecular complexity index is 175. The monoisotopic (exact) mass is 87.1 g/mol. The first-order valence-electron chi connectivity index (χ1n) is 2.84. The molecular formula is C3H3N3. The van der Waals surface area contributed by atoms with Gasteiger partial charge in [0.2, 0.25) is 0 Å². The molecule has 1 aromatic heterocycles. The number of rotatable bonds is 0. The van der Waals surface area contributed by atoms with Crippen LogP contribution in [0.4, 0.5) is 0 Å². The molecule has 3 nitrogen and oxygen atoms in total. The Morgan fingerprint density at radius 2 is 1.33 bits per heavy atom. The van der Waals surface area contributed by atoms with E-state index in [4.69, 9.17) is 4.11 Å². The highest BCUT2D eigenvalue weighted by atomic mass is 14.9. The van der Waals surface area contributed by atoms with Crippen molar-refractivity contribution in [2.75, 3.05) is 0 Å². The Kier molecular flexibility index (Phi) is 0.303. The van der Waals surface area contributed by atoms with E-state index < -0.39 is 0 Å². The van der Waals surface area contributed by atoms with Crippen LogP contribution >= 0.6 is 0 Å². The zero-order valence-electron chi connectivity index (χ0n) is 5.84. The molecule has 0 fully saturated rings. The van der Waals surface area contributed by atoms with Crippen molar-refractivity contribution < 1.29 is 4.11 Å². The van der Waals surface area contributed by atoms with Crippen molar-refractivity contribution in [1.29, 1.82) is 0 Å². The van der Waals surface area contributed by atoms with Crippen LogP contribution in [0.25, 0.3) is 0 Å². The molecule has 0 aromatic carbocycles. The molecule has 3 heteroatoms. The Labute approximate surface area is 39.3 Å². The van der Waals surface area contributed by atoms with Crippen LogP contribution in [-0.4, -0.2) is 15.0 Å². The molecule has 0 aliphatic heterocycles. The lowest BCUT2D eigenvalue weighted by atomic mass is 11.1. The summed E-state index contributed by atoms with van der Waals surface area (Å²) in [5.74, 6) is 0. The summed E-state index contributed by atoms with van der Waals surface area (Å²) >= 11 is 0. The molecule has 0 saturated carbocycles. The van der Waals surface area contributed by atoms with Gasteiger partial charge in [0.1, 0.15) is 23.0 Å². The van der Waals surface area contributed by atoms with Crippen LogP contribution in [-0.2, 0) is 0 Å². The smallest absolute Gasteiger partial charge is 0.119 e. The second-order valence-electron chi connectivity index (χ2n) is 0.635. The van der Waals surface area contributed by atoms with E-state index >= 15 is 0 Å². The fraction of sp³-hybridized carbons (Fsp3) is 0. The molecule has 1 aromatic rings. The molecule has 30 valence electrons. The highest BCUT2D eigenvalue weighted by molar-refractivity contribution is 4.51. The van der Waals surface area contributed by atoms with E-state index in [1.807, 2.05) is 0 Å². The standard InChI is InChI=1S/C3H3N3/c1-4-2-6-3-5-1/h1-3H/i1T,2T,3T. The van der Waals surface area contributed by atoms with Crippen LogP contribution in [0.15, 0.2) is 18.9 Å². The van der Waals surface area contributed by atoms with Gasteiger partial charge in [-0.05, 0) is 0 Å². The molecule has 0 radical (unpaired) electrons. The average molecular weight is 87.1 g/mol. The van der Waals surface area contributed by atoms with Crippen molar-refractivity contribution in [3.8, 4) is 0 Å². The summed E-state index contributed by atoms with van der Waals surface area (Å²) in [6.07, 6.45) is -1.000. The average Bonchev–Trinajstić information content (AvgIpc) is 1.59. The summed E-state index contributed by atoms with van der Waals surface area (Å²) in [6.45, 7) is 0. The third-order valence-electron chi connectivity index (χ3n) is 0.300. The molecule has 0 N–H and O–H groups in total. The molecule has 0 amide bonds. The molecule has 1 heterocycles. The van der Waals surface area contributed by atoms with E-state index in [0.29, 0.717) is 0 Å². The highest BCUT2D eigenvalue weighted by Gasteiger charge is 1.59. The van der Waals surface area contributed by atoms with E-state index in [9.17, 15) is 0 Å². The van der Waals surface area contributed by atoms with Gasteiger partial charge in [0.05, 0.1) is 0 Å². The number of hydrogen-bond acceptors (Lipinski definition) is 3. The first-order valence-corrected chi connectivity index (χ1v) is 1.34. The molecule has 0 aliphatic carbocycles. The lowest BCUT2D eigenvalue weighted by Crippen LogP contribution is -1.73. The molecule has 0 atom stereocenters. The first kappa shape index (κ1) is 1.26. The van der Waals surface area contributed by atoms with Crippen LogP contribution in [0.1, 0.15) is 4.11 Å². The van der Waals surface area contributed by atoms with Crippen molar-refractivity contribution in [2.24, 2.45) is 0 Å². The maximum atomic E-state index is 6.77. The van der Waals surface area contributed by atoms with Crippen LogP contribution in [0.2, 0.25) is 0 Å².